The highest BCUT2D eigenvalue weighted by atomic mass is 16.6. The van der Waals surface area contributed by atoms with Crippen molar-refractivity contribution in [3.63, 3.8) is 0 Å². The Kier molecular flexibility index (Phi) is 6.38. The number of fused-ring (bicyclic) bond motifs is 1. The minimum atomic E-state index is -0.962. The number of carbonyl (C=O) groups is 1. The first-order valence-electron chi connectivity index (χ1n) is 9.83. The van der Waals surface area contributed by atoms with Crippen LogP contribution in [0.4, 0.5) is 10.7 Å². The summed E-state index contributed by atoms with van der Waals surface area (Å²) in [5.41, 5.74) is 5.91. The molecule has 1 aliphatic heterocycles. The number of amides is 1. The second kappa shape index (κ2) is 8.78. The zero-order chi connectivity index (χ0) is 21.1. The predicted octanol–water partition coefficient (Wildman–Crippen LogP) is -0.0579. The van der Waals surface area contributed by atoms with Crippen LogP contribution in [0.3, 0.4) is 0 Å². The molecule has 3 heterocycles. The first kappa shape index (κ1) is 21.1. The quantitative estimate of drug-likeness (QED) is 0.370. The van der Waals surface area contributed by atoms with Gasteiger partial charge in [-0.1, -0.05) is 24.7 Å². The summed E-state index contributed by atoms with van der Waals surface area (Å²) < 4.78 is 14.3. The molecular weight excluding hydrogens is 380 g/mol. The molecule has 5 N–H and O–H groups in total. The number of nitrogens with zero attached hydrogens (tertiary/aromatic N) is 3. The number of aryl methyl sites for hydroxylation is 1. The maximum atomic E-state index is 12.2. The van der Waals surface area contributed by atoms with Gasteiger partial charge in [0.15, 0.2) is 6.33 Å². The van der Waals surface area contributed by atoms with Gasteiger partial charge < -0.3 is 25.6 Å². The molecule has 160 valence electrons. The van der Waals surface area contributed by atoms with Crippen molar-refractivity contribution in [3.05, 3.63) is 16.7 Å². The van der Waals surface area contributed by atoms with E-state index in [0.717, 1.165) is 19.3 Å². The Morgan fingerprint density at radius 1 is 1.52 bits per heavy atom. The summed E-state index contributed by atoms with van der Waals surface area (Å²) in [6.45, 7) is 4.46. The fourth-order valence-corrected chi connectivity index (χ4v) is 3.60. The number of nitrogens with one attached hydrogen (secondary N) is 2. The molecule has 0 radical (unpaired) electrons. The minimum absolute atomic E-state index is 0.0138. The Balaban J connectivity index is 1.70. The molecule has 0 saturated carbocycles. The summed E-state index contributed by atoms with van der Waals surface area (Å²) in [5, 5.41) is 13.5. The van der Waals surface area contributed by atoms with Crippen LogP contribution in [0.25, 0.3) is 11.2 Å². The maximum absolute atomic E-state index is 12.2. The van der Waals surface area contributed by atoms with Crippen LogP contribution in [0.1, 0.15) is 39.3 Å². The number of H-pyrrole nitrogens is 1. The number of rotatable bonds is 7. The number of carbonyl (C=O) groups excluding carboxylic acids is 1. The van der Waals surface area contributed by atoms with Gasteiger partial charge in [-0.2, -0.15) is 0 Å². The molecule has 0 unspecified atom stereocenters. The molecule has 2 aromatic heterocycles. The van der Waals surface area contributed by atoms with E-state index < -0.39 is 24.3 Å². The third-order valence-electron chi connectivity index (χ3n) is 5.21. The Morgan fingerprint density at radius 2 is 2.28 bits per heavy atom. The van der Waals surface area contributed by atoms with Gasteiger partial charge in [0.05, 0.1) is 19.1 Å². The highest BCUT2D eigenvalue weighted by Gasteiger charge is 2.46. The van der Waals surface area contributed by atoms with Gasteiger partial charge in [0, 0.05) is 6.54 Å². The van der Waals surface area contributed by atoms with E-state index in [1.807, 2.05) is 0 Å². The normalized spacial score (nSPS) is 24.1. The van der Waals surface area contributed by atoms with Crippen LogP contribution in [0.2, 0.25) is 0 Å². The van der Waals surface area contributed by atoms with Crippen molar-refractivity contribution in [2.24, 2.45) is 13.0 Å². The number of aliphatic hydroxyl groups is 1. The lowest BCUT2D eigenvalue weighted by atomic mass is 10.0. The molecule has 4 atom stereocenters. The summed E-state index contributed by atoms with van der Waals surface area (Å²) >= 11 is 0. The molecule has 0 bridgehead atoms. The van der Waals surface area contributed by atoms with E-state index in [4.69, 9.17) is 15.2 Å². The number of alkyl carbamates (subject to hydrolysis) is 1. The topological polar surface area (TPSA) is 148 Å². The maximum Gasteiger partial charge on any atom is 0.407 e. The lowest BCUT2D eigenvalue weighted by Gasteiger charge is -2.17. The van der Waals surface area contributed by atoms with Gasteiger partial charge in [0.2, 0.25) is 11.7 Å². The van der Waals surface area contributed by atoms with E-state index in [2.05, 4.69) is 22.2 Å². The van der Waals surface area contributed by atoms with Crippen LogP contribution in [0.15, 0.2) is 11.1 Å². The zero-order valence-electron chi connectivity index (χ0n) is 16.9. The molecule has 11 heteroatoms. The Labute approximate surface area is 167 Å². The number of ether oxygens (including phenoxy) is 2. The number of nitrogens with two attached hydrogens (primary N) is 1. The molecule has 1 amide bonds. The van der Waals surface area contributed by atoms with E-state index in [0.29, 0.717) is 17.7 Å². The Morgan fingerprint density at radius 3 is 3.00 bits per heavy atom. The van der Waals surface area contributed by atoms with E-state index >= 15 is 0 Å². The fraction of sp³-hybridized carbons (Fsp3) is 0.667. The molecular formula is C18H29N6O5+. The third kappa shape index (κ3) is 4.35. The number of hydrogen-bond donors (Lipinski definition) is 4. The Hall–Kier alpha value is -2.66. The van der Waals surface area contributed by atoms with Gasteiger partial charge in [-0.25, -0.2) is 9.36 Å². The summed E-state index contributed by atoms with van der Waals surface area (Å²) in [7, 11) is 1.69. The standard InChI is InChI=1S/C18H28N6O5/c1-4-5-6-7-20-18(27)28-8-11-10(2)29-16(13(11)25)24-9-23(3)12-14(24)21-17(19)22-15(12)26/h9-11,13,16,25H,4-8H2,1-3H3,(H3-,19,20,21,22,26,27)/p+1/t10-,11-,13-,16-/m1/s1. The zero-order valence-corrected chi connectivity index (χ0v) is 16.9. The lowest BCUT2D eigenvalue weighted by molar-refractivity contribution is -0.745. The van der Waals surface area contributed by atoms with Crippen LogP contribution >= 0.6 is 0 Å². The SMILES string of the molecule is CCCCCNC(=O)OC[C@H]1[C@@H](O)[C@H]([n+]2cn(C)c3c(=O)[nH]c(N)nc32)O[C@@H]1C. The molecule has 11 nitrogen and oxygen atoms in total. The van der Waals surface area contributed by atoms with Gasteiger partial charge >= 0.3 is 11.7 Å². The van der Waals surface area contributed by atoms with Gasteiger partial charge in [-0.3, -0.25) is 14.3 Å². The second-order valence-corrected chi connectivity index (χ2v) is 7.38. The van der Waals surface area contributed by atoms with Crippen molar-refractivity contribution < 1.29 is 23.9 Å². The third-order valence-corrected chi connectivity index (χ3v) is 5.21. The van der Waals surface area contributed by atoms with Crippen LogP contribution in [0.5, 0.6) is 0 Å². The first-order valence-corrected chi connectivity index (χ1v) is 9.83. The molecule has 0 spiro atoms. The number of imidazole rings is 1. The van der Waals surface area contributed by atoms with Gasteiger partial charge in [-0.15, -0.1) is 0 Å². The number of anilines is 1. The Bertz CT molecular complexity index is 925. The monoisotopic (exact) mass is 409 g/mol. The number of nitrogen functional groups attached to an aromatic ring is 1. The number of aliphatic hydroxyl groups excluding tert-OH is 1. The summed E-state index contributed by atoms with van der Waals surface area (Å²) in [6, 6.07) is 0. The van der Waals surface area contributed by atoms with Crippen molar-refractivity contribution >= 4 is 23.2 Å². The highest BCUT2D eigenvalue weighted by molar-refractivity contribution is 5.67. The largest absolute Gasteiger partial charge is 0.449 e. The van der Waals surface area contributed by atoms with E-state index in [1.165, 1.54) is 0 Å². The predicted molar refractivity (Wildman–Crippen MR) is 104 cm³/mol. The van der Waals surface area contributed by atoms with Crippen molar-refractivity contribution in [1.29, 1.82) is 0 Å². The molecule has 0 aromatic carbocycles. The van der Waals surface area contributed by atoms with E-state index in [1.54, 1.807) is 29.4 Å². The van der Waals surface area contributed by atoms with Gasteiger partial charge in [-0.05, 0) is 13.3 Å². The molecule has 3 rings (SSSR count). The smallest absolute Gasteiger partial charge is 0.407 e. The number of aromatic amines is 1. The van der Waals surface area contributed by atoms with Crippen LogP contribution in [-0.2, 0) is 16.5 Å². The van der Waals surface area contributed by atoms with Crippen molar-refractivity contribution in [1.82, 2.24) is 19.9 Å². The van der Waals surface area contributed by atoms with Crippen molar-refractivity contribution in [3.8, 4) is 0 Å². The summed E-state index contributed by atoms with van der Waals surface area (Å²) in [6.07, 6.45) is 1.99. The van der Waals surface area contributed by atoms with E-state index in [9.17, 15) is 14.7 Å². The van der Waals surface area contributed by atoms with Crippen molar-refractivity contribution in [2.45, 2.75) is 51.5 Å². The average Bonchev–Trinajstić information content (AvgIpc) is 3.13. The number of unbranched alkanes of at least 4 members (excludes halogenated alkanes) is 2. The lowest BCUT2D eigenvalue weighted by Crippen LogP contribution is -2.46. The fourth-order valence-electron chi connectivity index (χ4n) is 3.60. The van der Waals surface area contributed by atoms with Gasteiger partial charge in [0.25, 0.3) is 11.5 Å². The van der Waals surface area contributed by atoms with Gasteiger partial charge in [0.1, 0.15) is 12.7 Å². The van der Waals surface area contributed by atoms with Crippen LogP contribution < -0.4 is 21.2 Å². The van der Waals surface area contributed by atoms with Crippen LogP contribution in [0, 0.1) is 5.92 Å². The second-order valence-electron chi connectivity index (χ2n) is 7.38. The average molecular weight is 409 g/mol. The first-order chi connectivity index (χ1) is 13.8. The van der Waals surface area contributed by atoms with Crippen LogP contribution in [-0.4, -0.2) is 51.1 Å². The van der Waals surface area contributed by atoms with E-state index in [-0.39, 0.29) is 24.2 Å². The highest BCUT2D eigenvalue weighted by Crippen LogP contribution is 2.31. The molecule has 2 aromatic rings. The molecule has 1 saturated heterocycles. The van der Waals surface area contributed by atoms with Crippen molar-refractivity contribution in [2.75, 3.05) is 18.9 Å². The number of aromatic nitrogens is 4. The summed E-state index contributed by atoms with van der Waals surface area (Å²) in [5.74, 6) is -0.453. The molecule has 1 fully saturated rings. The minimum Gasteiger partial charge on any atom is -0.449 e. The summed E-state index contributed by atoms with van der Waals surface area (Å²) in [4.78, 5) is 30.7. The molecule has 1 aliphatic rings. The number of hydrogen-bond acceptors (Lipinski definition) is 7. The molecule has 29 heavy (non-hydrogen) atoms. The molecule has 0 aliphatic carbocycles.